The molecule has 0 radical (unpaired) electrons. The van der Waals surface area contributed by atoms with Crippen LogP contribution in [-0.2, 0) is 4.79 Å². The summed E-state index contributed by atoms with van der Waals surface area (Å²) in [4.78, 5) is 11.6. The number of likely N-dealkylation sites (N-methyl/N-ethyl adjacent to an activating group) is 1. The van der Waals surface area contributed by atoms with Gasteiger partial charge in [0.1, 0.15) is 0 Å². The van der Waals surface area contributed by atoms with Crippen LogP contribution in [0.1, 0.15) is 19.8 Å². The van der Waals surface area contributed by atoms with Crippen molar-refractivity contribution in [3.8, 4) is 0 Å². The molecule has 0 unspecified atom stereocenters. The average molecular weight is 216 g/mol. The Kier molecular flexibility index (Phi) is 6.03. The molecule has 1 heterocycles. The van der Waals surface area contributed by atoms with E-state index < -0.39 is 0 Å². The Morgan fingerprint density at radius 1 is 1.36 bits per heavy atom. The van der Waals surface area contributed by atoms with E-state index in [2.05, 4.69) is 17.6 Å². The van der Waals surface area contributed by atoms with Gasteiger partial charge in [-0.1, -0.05) is 6.92 Å². The summed E-state index contributed by atoms with van der Waals surface area (Å²) in [5.74, 6) is 2.82. The Morgan fingerprint density at radius 2 is 2.07 bits per heavy atom. The van der Waals surface area contributed by atoms with Crippen molar-refractivity contribution in [2.24, 2.45) is 5.92 Å². The van der Waals surface area contributed by atoms with E-state index in [-0.39, 0.29) is 11.8 Å². The quantitative estimate of drug-likeness (QED) is 0.670. The van der Waals surface area contributed by atoms with Gasteiger partial charge in [-0.15, -0.1) is 0 Å². The molecule has 0 bridgehead atoms. The molecule has 0 atom stereocenters. The molecular weight excluding hydrogens is 196 g/mol. The van der Waals surface area contributed by atoms with Gasteiger partial charge in [-0.25, -0.2) is 0 Å². The van der Waals surface area contributed by atoms with Crippen LogP contribution >= 0.6 is 11.8 Å². The van der Waals surface area contributed by atoms with Crippen LogP contribution in [0.5, 0.6) is 0 Å². The first-order valence-electron chi connectivity index (χ1n) is 5.40. The van der Waals surface area contributed by atoms with Crippen LogP contribution in [0.3, 0.4) is 0 Å². The van der Waals surface area contributed by atoms with Crippen LogP contribution in [0.2, 0.25) is 0 Å². The predicted octanol–water partition coefficient (Wildman–Crippen LogP) is 0.855. The highest BCUT2D eigenvalue weighted by atomic mass is 32.2. The molecule has 4 heteroatoms. The van der Waals surface area contributed by atoms with Crippen LogP contribution in [-0.4, -0.2) is 37.0 Å². The Labute approximate surface area is 90.4 Å². The summed E-state index contributed by atoms with van der Waals surface area (Å²) in [5.41, 5.74) is 0. The fraction of sp³-hybridized carbons (Fsp3) is 0.900. The van der Waals surface area contributed by atoms with Gasteiger partial charge in [0.05, 0.1) is 0 Å². The second-order valence-electron chi connectivity index (χ2n) is 3.53. The van der Waals surface area contributed by atoms with E-state index in [1.807, 2.05) is 11.8 Å². The second kappa shape index (κ2) is 7.12. The molecule has 2 N–H and O–H groups in total. The maximum absolute atomic E-state index is 11.6. The monoisotopic (exact) mass is 216 g/mol. The topological polar surface area (TPSA) is 41.1 Å². The van der Waals surface area contributed by atoms with E-state index in [0.29, 0.717) is 0 Å². The van der Waals surface area contributed by atoms with Gasteiger partial charge in [-0.2, -0.15) is 11.8 Å². The van der Waals surface area contributed by atoms with Gasteiger partial charge >= 0.3 is 0 Å². The smallest absolute Gasteiger partial charge is 0.223 e. The Morgan fingerprint density at radius 3 is 2.71 bits per heavy atom. The van der Waals surface area contributed by atoms with Crippen molar-refractivity contribution >= 4 is 17.7 Å². The van der Waals surface area contributed by atoms with Crippen molar-refractivity contribution in [1.29, 1.82) is 0 Å². The zero-order chi connectivity index (χ0) is 10.2. The lowest BCUT2D eigenvalue weighted by Crippen LogP contribution is -2.37. The highest BCUT2D eigenvalue weighted by Gasteiger charge is 2.20. The summed E-state index contributed by atoms with van der Waals surface area (Å²) in [6, 6.07) is 0. The van der Waals surface area contributed by atoms with Crippen molar-refractivity contribution < 1.29 is 4.79 Å². The van der Waals surface area contributed by atoms with Crippen molar-refractivity contribution in [3.05, 3.63) is 0 Å². The maximum atomic E-state index is 11.6. The Balaban J connectivity index is 2.07. The first-order valence-corrected chi connectivity index (χ1v) is 6.56. The van der Waals surface area contributed by atoms with Gasteiger partial charge < -0.3 is 10.6 Å². The maximum Gasteiger partial charge on any atom is 0.223 e. The SMILES string of the molecule is CCNCCNC(=O)C1CCSCC1. The second-order valence-corrected chi connectivity index (χ2v) is 4.76. The third-order valence-corrected chi connectivity index (χ3v) is 3.49. The van der Waals surface area contributed by atoms with Crippen molar-refractivity contribution in [1.82, 2.24) is 10.6 Å². The van der Waals surface area contributed by atoms with Crippen molar-refractivity contribution in [2.45, 2.75) is 19.8 Å². The first-order chi connectivity index (χ1) is 6.84. The fourth-order valence-corrected chi connectivity index (χ4v) is 2.66. The standard InChI is InChI=1S/C10H20N2OS/c1-2-11-5-6-12-10(13)9-3-7-14-8-4-9/h9,11H,2-8H2,1H3,(H,12,13). The lowest BCUT2D eigenvalue weighted by atomic mass is 10.0. The molecule has 0 spiro atoms. The summed E-state index contributed by atoms with van der Waals surface area (Å²) < 4.78 is 0. The third kappa shape index (κ3) is 4.33. The van der Waals surface area contributed by atoms with Crippen LogP contribution in [0.4, 0.5) is 0 Å². The lowest BCUT2D eigenvalue weighted by molar-refractivity contribution is -0.125. The normalized spacial score (nSPS) is 18.1. The fourth-order valence-electron chi connectivity index (χ4n) is 1.55. The lowest BCUT2D eigenvalue weighted by Gasteiger charge is -2.20. The van der Waals surface area contributed by atoms with E-state index in [1.165, 1.54) is 0 Å². The molecule has 1 rings (SSSR count). The average Bonchev–Trinajstić information content (AvgIpc) is 2.25. The number of hydrogen-bond donors (Lipinski definition) is 2. The van der Waals surface area contributed by atoms with Crippen molar-refractivity contribution in [2.75, 3.05) is 31.1 Å². The molecule has 0 aliphatic carbocycles. The highest BCUT2D eigenvalue weighted by Crippen LogP contribution is 2.22. The van der Waals surface area contributed by atoms with E-state index in [4.69, 9.17) is 0 Å². The number of hydrogen-bond acceptors (Lipinski definition) is 3. The van der Waals surface area contributed by atoms with Gasteiger partial charge in [0.2, 0.25) is 5.91 Å². The minimum atomic E-state index is 0.253. The molecule has 1 saturated heterocycles. The number of carbonyl (C=O) groups is 1. The molecule has 1 fully saturated rings. The molecule has 0 aromatic carbocycles. The molecular formula is C10H20N2OS. The van der Waals surface area contributed by atoms with Crippen LogP contribution in [0.25, 0.3) is 0 Å². The molecule has 1 aliphatic rings. The number of rotatable bonds is 5. The Bertz CT molecular complexity index is 170. The predicted molar refractivity (Wildman–Crippen MR) is 61.6 cm³/mol. The van der Waals surface area contributed by atoms with Crippen LogP contribution in [0.15, 0.2) is 0 Å². The van der Waals surface area contributed by atoms with E-state index in [0.717, 1.165) is 44.0 Å². The van der Waals surface area contributed by atoms with Gasteiger partial charge in [0.25, 0.3) is 0 Å². The summed E-state index contributed by atoms with van der Waals surface area (Å²) in [5, 5.41) is 6.16. The van der Waals surface area contributed by atoms with E-state index in [9.17, 15) is 4.79 Å². The third-order valence-electron chi connectivity index (χ3n) is 2.44. The number of amides is 1. The molecule has 3 nitrogen and oxygen atoms in total. The molecule has 1 amide bonds. The number of carbonyl (C=O) groups excluding carboxylic acids is 1. The van der Waals surface area contributed by atoms with Crippen molar-refractivity contribution in [3.63, 3.8) is 0 Å². The van der Waals surface area contributed by atoms with Gasteiger partial charge in [-0.3, -0.25) is 4.79 Å². The summed E-state index contributed by atoms with van der Waals surface area (Å²) in [6.45, 7) is 4.68. The molecule has 14 heavy (non-hydrogen) atoms. The largest absolute Gasteiger partial charge is 0.355 e. The summed E-state index contributed by atoms with van der Waals surface area (Å²) >= 11 is 1.96. The zero-order valence-electron chi connectivity index (χ0n) is 8.84. The summed E-state index contributed by atoms with van der Waals surface area (Å²) in [7, 11) is 0. The molecule has 1 aliphatic heterocycles. The van der Waals surface area contributed by atoms with Gasteiger partial charge in [-0.05, 0) is 30.9 Å². The number of thioether (sulfide) groups is 1. The first kappa shape index (κ1) is 11.9. The summed E-state index contributed by atoms with van der Waals surface area (Å²) in [6.07, 6.45) is 2.11. The molecule has 0 aromatic heterocycles. The van der Waals surface area contributed by atoms with E-state index >= 15 is 0 Å². The zero-order valence-corrected chi connectivity index (χ0v) is 9.66. The molecule has 0 saturated carbocycles. The van der Waals surface area contributed by atoms with Gasteiger partial charge in [0.15, 0.2) is 0 Å². The van der Waals surface area contributed by atoms with Gasteiger partial charge in [0, 0.05) is 19.0 Å². The minimum Gasteiger partial charge on any atom is -0.355 e. The van der Waals surface area contributed by atoms with Crippen LogP contribution < -0.4 is 10.6 Å². The number of nitrogens with one attached hydrogen (secondary N) is 2. The highest BCUT2D eigenvalue weighted by molar-refractivity contribution is 7.99. The van der Waals surface area contributed by atoms with E-state index in [1.54, 1.807) is 0 Å². The minimum absolute atomic E-state index is 0.253. The Hall–Kier alpha value is -0.220. The molecule has 0 aromatic rings. The van der Waals surface area contributed by atoms with Crippen LogP contribution in [0, 0.1) is 5.92 Å². The molecule has 82 valence electrons.